The van der Waals surface area contributed by atoms with Crippen LogP contribution >= 0.6 is 0 Å². The van der Waals surface area contributed by atoms with Gasteiger partial charge in [0, 0.05) is 0 Å². The molecule has 0 aromatic rings. The maximum absolute atomic E-state index is 8.86. The summed E-state index contributed by atoms with van der Waals surface area (Å²) >= 11 is 0. The van der Waals surface area contributed by atoms with Gasteiger partial charge in [-0.1, -0.05) is 20.3 Å². The van der Waals surface area contributed by atoms with Crippen molar-refractivity contribution in [3.05, 3.63) is 0 Å². The van der Waals surface area contributed by atoms with Gasteiger partial charge in [-0.05, 0) is 12.8 Å². The summed E-state index contributed by atoms with van der Waals surface area (Å²) in [7, 11) is 0. The van der Waals surface area contributed by atoms with Crippen LogP contribution in [0.15, 0.2) is 0 Å². The Balaban J connectivity index is 0. The Bertz CT molecular complexity index is 39.5. The number of aliphatic hydroxyl groups is 1. The molecule has 1 unspecified atom stereocenters. The van der Waals surface area contributed by atoms with E-state index in [9.17, 15) is 0 Å². The van der Waals surface area contributed by atoms with Crippen molar-refractivity contribution in [1.29, 1.82) is 0 Å². The van der Waals surface area contributed by atoms with Crippen molar-refractivity contribution >= 4 is 27.3 Å². The Morgan fingerprint density at radius 3 is 2.00 bits per heavy atom. The second-order valence-corrected chi connectivity index (χ2v) is 1.85. The Labute approximate surface area is 71.6 Å². The molecule has 1 atom stereocenters. The van der Waals surface area contributed by atoms with Gasteiger partial charge in [0.25, 0.3) is 0 Å². The quantitative estimate of drug-likeness (QED) is 0.759. The molecule has 0 rings (SSSR count). The molecule has 0 bridgehead atoms. The predicted molar refractivity (Wildman–Crippen MR) is 39.7 cm³/mol. The fourth-order valence-corrected chi connectivity index (χ4v) is 0.537. The minimum atomic E-state index is -0.0509. The molecule has 0 fully saturated rings. The average molecular weight is 311 g/mol. The number of rotatable bonds is 3. The van der Waals surface area contributed by atoms with E-state index in [-0.39, 0.29) is 33.4 Å². The zero-order valence-corrected chi connectivity index (χ0v) is 11.4. The van der Waals surface area contributed by atoms with Crippen LogP contribution < -0.4 is 0 Å². The Morgan fingerprint density at radius 2 is 1.88 bits per heavy atom. The second kappa shape index (κ2) is 7.88. The maximum atomic E-state index is 8.86. The molecule has 0 spiro atoms. The first-order valence-corrected chi connectivity index (χ1v) is 2.99. The number of hydrogen-bond acceptors (Lipinski definition) is 1. The van der Waals surface area contributed by atoms with E-state index in [0.717, 1.165) is 19.3 Å². The predicted octanol–water partition coefficient (Wildman–Crippen LogP) is 0.641. The van der Waals surface area contributed by atoms with Gasteiger partial charge in [-0.15, -0.1) is 0 Å². The molecule has 1 nitrogen and oxygen atoms in total. The van der Waals surface area contributed by atoms with Crippen LogP contribution in [0.25, 0.3) is 0 Å². The van der Waals surface area contributed by atoms with Gasteiger partial charge in [0.05, 0.1) is 6.10 Å². The normalized spacial score (nSPS) is 12.4. The molecule has 0 saturated heterocycles. The van der Waals surface area contributed by atoms with Crippen LogP contribution in [-0.2, 0) is 0 Å². The first-order chi connectivity index (χ1) is 3.31. The van der Waals surface area contributed by atoms with Gasteiger partial charge in [-0.2, -0.15) is 0 Å². The molecule has 50 valence electrons. The van der Waals surface area contributed by atoms with Crippen molar-refractivity contribution in [1.82, 2.24) is 0 Å². The molecule has 1 N–H and O–H groups in total. The van der Waals surface area contributed by atoms with Gasteiger partial charge in [-0.25, -0.2) is 0 Å². The Kier molecular flexibility index (Phi) is 11.5. The zero-order valence-electron chi connectivity index (χ0n) is 5.85. The summed E-state index contributed by atoms with van der Waals surface area (Å²) in [4.78, 5) is 0. The van der Waals surface area contributed by atoms with Gasteiger partial charge in [0.2, 0.25) is 0 Å². The van der Waals surface area contributed by atoms with E-state index < -0.39 is 0 Å². The molecule has 8 heavy (non-hydrogen) atoms. The molecule has 0 aliphatic rings. The summed E-state index contributed by atoms with van der Waals surface area (Å²) in [6, 6.07) is 0. The van der Waals surface area contributed by atoms with E-state index in [2.05, 4.69) is 6.92 Å². The Hall–Kier alpha value is 0.882. The molecule has 0 amide bonds. The van der Waals surface area contributed by atoms with Crippen molar-refractivity contribution in [2.75, 3.05) is 0 Å². The van der Waals surface area contributed by atoms with Crippen LogP contribution in [0.5, 0.6) is 0 Å². The molecule has 0 aliphatic carbocycles. The first kappa shape index (κ1) is 11.7. The molecule has 0 aromatic heterocycles. The van der Waals surface area contributed by atoms with E-state index in [0.29, 0.717) is 0 Å². The van der Waals surface area contributed by atoms with Crippen molar-refractivity contribution in [2.45, 2.75) is 39.2 Å². The SMILES string of the molecule is CCCC(O)CC.[PbH2]. The van der Waals surface area contributed by atoms with E-state index >= 15 is 0 Å². The minimum absolute atomic E-state index is 0. The summed E-state index contributed by atoms with van der Waals surface area (Å²) in [6.45, 7) is 4.08. The molecular weight excluding hydrogens is 295 g/mol. The molecular formula is C6H16OPb. The van der Waals surface area contributed by atoms with Gasteiger partial charge < -0.3 is 5.11 Å². The second-order valence-electron chi connectivity index (χ2n) is 1.85. The molecule has 2 heteroatoms. The van der Waals surface area contributed by atoms with Crippen molar-refractivity contribution in [3.63, 3.8) is 0 Å². The number of aliphatic hydroxyl groups excluding tert-OH is 1. The van der Waals surface area contributed by atoms with Gasteiger partial charge in [0.15, 0.2) is 0 Å². The fraction of sp³-hybridized carbons (Fsp3) is 1.00. The number of hydrogen-bond donors (Lipinski definition) is 1. The van der Waals surface area contributed by atoms with E-state index in [1.165, 1.54) is 0 Å². The zero-order chi connectivity index (χ0) is 5.70. The van der Waals surface area contributed by atoms with Crippen LogP contribution in [0, 0.1) is 0 Å². The van der Waals surface area contributed by atoms with Crippen molar-refractivity contribution in [2.24, 2.45) is 0 Å². The Morgan fingerprint density at radius 1 is 1.38 bits per heavy atom. The molecule has 0 aliphatic heterocycles. The molecule has 0 saturated carbocycles. The average Bonchev–Trinajstić information content (AvgIpc) is 1.68. The summed E-state index contributed by atoms with van der Waals surface area (Å²) in [5.41, 5.74) is 0. The van der Waals surface area contributed by atoms with E-state index in [1.54, 1.807) is 0 Å². The summed E-state index contributed by atoms with van der Waals surface area (Å²) < 4.78 is 0. The monoisotopic (exact) mass is 312 g/mol. The third-order valence-electron chi connectivity index (χ3n) is 1.09. The van der Waals surface area contributed by atoms with Crippen molar-refractivity contribution in [3.8, 4) is 0 Å². The summed E-state index contributed by atoms with van der Waals surface area (Å²) in [5, 5.41) is 8.86. The van der Waals surface area contributed by atoms with Crippen LogP contribution in [0.1, 0.15) is 33.1 Å². The van der Waals surface area contributed by atoms with Gasteiger partial charge >= 0.3 is 27.3 Å². The summed E-state index contributed by atoms with van der Waals surface area (Å²) in [6.07, 6.45) is 2.89. The van der Waals surface area contributed by atoms with E-state index in [1.807, 2.05) is 6.92 Å². The van der Waals surface area contributed by atoms with Gasteiger partial charge in [0.1, 0.15) is 0 Å². The van der Waals surface area contributed by atoms with Crippen LogP contribution in [0.4, 0.5) is 0 Å². The molecule has 2 radical (unpaired) electrons. The van der Waals surface area contributed by atoms with Crippen LogP contribution in [-0.4, -0.2) is 38.5 Å². The summed E-state index contributed by atoms with van der Waals surface area (Å²) in [5.74, 6) is 0. The van der Waals surface area contributed by atoms with Gasteiger partial charge in [-0.3, -0.25) is 0 Å². The molecule has 0 aromatic carbocycles. The van der Waals surface area contributed by atoms with E-state index in [4.69, 9.17) is 5.11 Å². The molecule has 0 heterocycles. The van der Waals surface area contributed by atoms with Crippen molar-refractivity contribution < 1.29 is 5.11 Å². The first-order valence-electron chi connectivity index (χ1n) is 2.99. The standard InChI is InChI=1S/C6H14O.Pb.2H/c1-3-5-6(7)4-2;;;/h6-7H,3-5H2,1-2H3;;;. The van der Waals surface area contributed by atoms with Crippen LogP contribution in [0.3, 0.4) is 0 Å². The van der Waals surface area contributed by atoms with Crippen LogP contribution in [0.2, 0.25) is 0 Å². The third-order valence-corrected chi connectivity index (χ3v) is 1.09. The third kappa shape index (κ3) is 6.88. The fourth-order valence-electron chi connectivity index (χ4n) is 0.537. The topological polar surface area (TPSA) is 20.2 Å².